The van der Waals surface area contributed by atoms with Gasteiger partial charge in [0.25, 0.3) is 0 Å². The van der Waals surface area contributed by atoms with Crippen LogP contribution in [0.3, 0.4) is 0 Å². The number of guanidine groups is 1. The number of carbonyl (C=O) groups excluding carboxylic acids is 3. The maximum atomic E-state index is 12.7. The van der Waals surface area contributed by atoms with Crippen molar-refractivity contribution in [2.45, 2.75) is 6.54 Å². The zero-order valence-corrected chi connectivity index (χ0v) is 20.9. The fourth-order valence-electron chi connectivity index (χ4n) is 2.98. The minimum atomic E-state index is -0.636. The fraction of sp³-hybridized carbons (Fsp3) is 0.160. The summed E-state index contributed by atoms with van der Waals surface area (Å²) in [6.45, 7) is -0.0863. The van der Waals surface area contributed by atoms with Gasteiger partial charge in [-0.25, -0.2) is 9.79 Å². The van der Waals surface area contributed by atoms with Crippen molar-refractivity contribution in [2.75, 3.05) is 20.6 Å². The molecule has 0 aliphatic rings. The molecule has 192 valence electrons. The van der Waals surface area contributed by atoms with Gasteiger partial charge in [-0.05, 0) is 48.0 Å². The number of hydrogen-bond acceptors (Lipinski definition) is 6. The van der Waals surface area contributed by atoms with Crippen molar-refractivity contribution in [3.63, 3.8) is 0 Å². The quantitative estimate of drug-likeness (QED) is 0.236. The molecule has 0 atom stereocenters. The summed E-state index contributed by atoms with van der Waals surface area (Å²) in [5.74, 6) is 0.518. The molecule has 0 unspecified atom stereocenters. The lowest BCUT2D eigenvalue weighted by Crippen LogP contribution is -2.49. The number of pyridine rings is 1. The van der Waals surface area contributed by atoms with E-state index < -0.39 is 6.03 Å². The Bertz CT molecular complexity index is 1300. The van der Waals surface area contributed by atoms with Crippen molar-refractivity contribution < 1.29 is 19.1 Å². The predicted molar refractivity (Wildman–Crippen MR) is 139 cm³/mol. The number of aliphatic imine (C=N–C) groups is 1. The lowest BCUT2D eigenvalue weighted by molar-refractivity contribution is -0.121. The number of nitrogens with one attached hydrogen (secondary N) is 3. The number of halogens is 1. The van der Waals surface area contributed by atoms with Gasteiger partial charge in [0.15, 0.2) is 0 Å². The molecule has 0 bridgehead atoms. The average molecular weight is 525 g/mol. The second kappa shape index (κ2) is 12.9. The van der Waals surface area contributed by atoms with E-state index in [2.05, 4.69) is 20.6 Å². The van der Waals surface area contributed by atoms with Crippen molar-refractivity contribution in [3.8, 4) is 11.5 Å². The first kappa shape index (κ1) is 27.0. The monoisotopic (exact) mass is 524 g/mol. The zero-order chi connectivity index (χ0) is 26.8. The predicted octanol–water partition coefficient (Wildman–Crippen LogP) is 2.85. The van der Waals surface area contributed by atoms with Gasteiger partial charge in [0, 0.05) is 31.4 Å². The lowest BCUT2D eigenvalue weighted by atomic mass is 10.2. The van der Waals surface area contributed by atoms with E-state index in [1.807, 2.05) is 0 Å². The molecule has 0 spiro atoms. The Labute approximate surface area is 217 Å². The van der Waals surface area contributed by atoms with E-state index in [-0.39, 0.29) is 30.5 Å². The summed E-state index contributed by atoms with van der Waals surface area (Å²) >= 11 is 5.95. The van der Waals surface area contributed by atoms with Gasteiger partial charge in [-0.15, -0.1) is 0 Å². The molecule has 2 aromatic carbocycles. The normalized spacial score (nSPS) is 10.8. The van der Waals surface area contributed by atoms with E-state index >= 15 is 0 Å². The maximum Gasteiger partial charge on any atom is 0.324 e. The third-order valence-corrected chi connectivity index (χ3v) is 5.21. The standard InChI is InChI=1S/C25H25ClN6O5/c1-27-23(35)15-31(2)25(36)30-24(32(16-33)14-17-3-5-18(26)6-4-17)29-19-7-9-20(10-8-19)37-21-11-12-22(34)28-13-21/h3-13,16H,14-15H2,1-2H3,(H,27,35)(H,28,34)(H,29,30,36). The average Bonchev–Trinajstić information content (AvgIpc) is 2.90. The first-order valence-electron chi connectivity index (χ1n) is 11.0. The van der Waals surface area contributed by atoms with E-state index in [1.54, 1.807) is 48.5 Å². The molecule has 0 saturated carbocycles. The summed E-state index contributed by atoms with van der Waals surface area (Å²) < 4.78 is 5.68. The van der Waals surface area contributed by atoms with Gasteiger partial charge < -0.3 is 19.9 Å². The number of hydrogen-bond donors (Lipinski definition) is 3. The highest BCUT2D eigenvalue weighted by atomic mass is 35.5. The number of aromatic amines is 1. The molecule has 12 heteroatoms. The van der Waals surface area contributed by atoms with E-state index in [4.69, 9.17) is 16.3 Å². The van der Waals surface area contributed by atoms with Crippen molar-refractivity contribution in [1.29, 1.82) is 0 Å². The van der Waals surface area contributed by atoms with Gasteiger partial charge in [0.05, 0.1) is 12.2 Å². The highest BCUT2D eigenvalue weighted by Gasteiger charge is 2.19. The molecule has 0 radical (unpaired) electrons. The Hall–Kier alpha value is -4.64. The number of carbonyl (C=O) groups is 3. The summed E-state index contributed by atoms with van der Waals surface area (Å²) in [5, 5.41) is 5.59. The van der Waals surface area contributed by atoms with Crippen molar-refractivity contribution >= 4 is 41.6 Å². The Morgan fingerprint density at radius 1 is 1.05 bits per heavy atom. The van der Waals surface area contributed by atoms with Crippen LogP contribution >= 0.6 is 11.6 Å². The van der Waals surface area contributed by atoms with Gasteiger partial charge in [0.2, 0.25) is 23.8 Å². The molecule has 0 aliphatic heterocycles. The SMILES string of the molecule is CNC(=O)CN(C)C(=O)NC(=Nc1ccc(Oc2ccc(=O)[nH]c2)cc1)N(C=O)Cc1ccc(Cl)cc1. The van der Waals surface area contributed by atoms with Crippen LogP contribution in [0.4, 0.5) is 10.5 Å². The van der Waals surface area contributed by atoms with E-state index in [1.165, 1.54) is 37.3 Å². The molecular formula is C25H25ClN6O5. The van der Waals surface area contributed by atoms with Crippen LogP contribution in [-0.2, 0) is 16.1 Å². The highest BCUT2D eigenvalue weighted by Crippen LogP contribution is 2.23. The van der Waals surface area contributed by atoms with Crippen molar-refractivity contribution in [1.82, 2.24) is 25.4 Å². The molecule has 11 nitrogen and oxygen atoms in total. The number of H-pyrrole nitrogens is 1. The zero-order valence-electron chi connectivity index (χ0n) is 20.1. The molecule has 3 N–H and O–H groups in total. The molecule has 1 heterocycles. The number of aromatic nitrogens is 1. The van der Waals surface area contributed by atoms with Crippen LogP contribution < -0.4 is 20.9 Å². The van der Waals surface area contributed by atoms with Crippen LogP contribution in [0.5, 0.6) is 11.5 Å². The third kappa shape index (κ3) is 8.22. The van der Waals surface area contributed by atoms with Crippen LogP contribution in [0.1, 0.15) is 5.56 Å². The second-order valence-corrected chi connectivity index (χ2v) is 8.18. The van der Waals surface area contributed by atoms with Crippen LogP contribution in [0.2, 0.25) is 5.02 Å². The largest absolute Gasteiger partial charge is 0.456 e. The summed E-state index contributed by atoms with van der Waals surface area (Å²) in [5.41, 5.74) is 0.925. The summed E-state index contributed by atoms with van der Waals surface area (Å²) in [4.78, 5) is 57.0. The number of amides is 4. The van der Waals surface area contributed by atoms with Crippen molar-refractivity contribution in [2.24, 2.45) is 4.99 Å². The van der Waals surface area contributed by atoms with E-state index in [0.29, 0.717) is 28.6 Å². The molecule has 3 rings (SSSR count). The first-order chi connectivity index (χ1) is 17.8. The molecule has 4 amide bonds. The number of nitrogens with zero attached hydrogens (tertiary/aromatic N) is 3. The molecule has 0 saturated heterocycles. The summed E-state index contributed by atoms with van der Waals surface area (Å²) in [6, 6.07) is 15.7. The fourth-order valence-corrected chi connectivity index (χ4v) is 3.10. The van der Waals surface area contributed by atoms with Crippen LogP contribution in [0.25, 0.3) is 0 Å². The molecular weight excluding hydrogens is 500 g/mol. The summed E-state index contributed by atoms with van der Waals surface area (Å²) in [6.07, 6.45) is 1.98. The first-order valence-corrected chi connectivity index (χ1v) is 11.4. The Kier molecular flexibility index (Phi) is 9.39. The van der Waals surface area contributed by atoms with Gasteiger partial charge in [-0.3, -0.25) is 24.6 Å². The Morgan fingerprint density at radius 3 is 2.32 bits per heavy atom. The minimum Gasteiger partial charge on any atom is -0.456 e. The molecule has 0 aliphatic carbocycles. The van der Waals surface area contributed by atoms with Crippen molar-refractivity contribution in [3.05, 3.63) is 87.8 Å². The number of ether oxygens (including phenoxy) is 1. The topological polar surface area (TPSA) is 136 Å². The molecule has 3 aromatic rings. The van der Waals surface area contributed by atoms with E-state index in [0.717, 1.165) is 10.5 Å². The summed E-state index contributed by atoms with van der Waals surface area (Å²) in [7, 11) is 2.90. The number of benzene rings is 2. The van der Waals surface area contributed by atoms with Crippen LogP contribution in [-0.4, -0.2) is 59.7 Å². The van der Waals surface area contributed by atoms with E-state index in [9.17, 15) is 19.2 Å². The lowest BCUT2D eigenvalue weighted by Gasteiger charge is -2.23. The Morgan fingerprint density at radius 2 is 1.73 bits per heavy atom. The Balaban J connectivity index is 1.84. The van der Waals surface area contributed by atoms with Gasteiger partial charge in [-0.2, -0.15) is 0 Å². The second-order valence-electron chi connectivity index (χ2n) is 7.74. The smallest absolute Gasteiger partial charge is 0.324 e. The highest BCUT2D eigenvalue weighted by molar-refractivity contribution is 6.30. The number of urea groups is 1. The molecule has 1 aromatic heterocycles. The van der Waals surface area contributed by atoms with Gasteiger partial charge in [0.1, 0.15) is 18.0 Å². The van der Waals surface area contributed by atoms with Crippen LogP contribution in [0, 0.1) is 0 Å². The van der Waals surface area contributed by atoms with Gasteiger partial charge in [-0.1, -0.05) is 23.7 Å². The minimum absolute atomic E-state index is 0.0481. The number of likely N-dealkylation sites (N-methyl/N-ethyl adjacent to an activating group) is 2. The van der Waals surface area contributed by atoms with Crippen LogP contribution in [0.15, 0.2) is 76.6 Å². The maximum absolute atomic E-state index is 12.7. The molecule has 0 fully saturated rings. The third-order valence-electron chi connectivity index (χ3n) is 4.95. The van der Waals surface area contributed by atoms with Gasteiger partial charge >= 0.3 is 6.03 Å². The molecule has 37 heavy (non-hydrogen) atoms. The number of rotatable bonds is 8.